The van der Waals surface area contributed by atoms with Crippen molar-refractivity contribution >= 4 is 5.91 Å². The van der Waals surface area contributed by atoms with E-state index in [2.05, 4.69) is 22.0 Å². The Morgan fingerprint density at radius 3 is 2.60 bits per heavy atom. The molecule has 0 saturated heterocycles. The van der Waals surface area contributed by atoms with E-state index in [4.69, 9.17) is 4.74 Å². The van der Waals surface area contributed by atoms with Crippen LogP contribution in [-0.2, 0) is 6.54 Å². The topological polar surface area (TPSA) is 65.9 Å². The number of aromatic nitrogens is 1. The van der Waals surface area contributed by atoms with Crippen LogP contribution in [0, 0.1) is 11.7 Å². The largest absolute Gasteiger partial charge is 0.472 e. The molecule has 0 saturated carbocycles. The number of likely N-dealkylation sites (N-methyl/N-ethyl adjacent to an activating group) is 1. The Hall–Kier alpha value is -3.29. The van der Waals surface area contributed by atoms with Crippen LogP contribution in [0.15, 0.2) is 66.9 Å². The van der Waals surface area contributed by atoms with Crippen LogP contribution >= 0.6 is 0 Å². The molecule has 0 spiro atoms. The van der Waals surface area contributed by atoms with Gasteiger partial charge in [0.05, 0.1) is 12.6 Å². The van der Waals surface area contributed by atoms with Crippen molar-refractivity contribution in [3.8, 4) is 17.0 Å². The second-order valence-corrected chi connectivity index (χ2v) is 9.36. The highest BCUT2D eigenvalue weighted by Crippen LogP contribution is 2.31. The van der Waals surface area contributed by atoms with E-state index in [9.17, 15) is 14.3 Å². The Morgan fingerprint density at radius 1 is 1.17 bits per heavy atom. The quantitative estimate of drug-likeness (QED) is 0.552. The second-order valence-electron chi connectivity index (χ2n) is 9.36. The Morgan fingerprint density at radius 2 is 1.89 bits per heavy atom. The number of halogens is 1. The lowest BCUT2D eigenvalue weighted by Crippen LogP contribution is -2.49. The van der Waals surface area contributed by atoms with E-state index < -0.39 is 0 Å². The van der Waals surface area contributed by atoms with Gasteiger partial charge in [-0.05, 0) is 31.7 Å². The van der Waals surface area contributed by atoms with E-state index in [0.717, 1.165) is 6.54 Å². The number of fused-ring (bicyclic) bond motifs is 1. The number of carbonyl (C=O) groups excluding carboxylic acids is 1. The predicted octanol–water partition coefficient (Wildman–Crippen LogP) is 4.24. The molecule has 3 atom stereocenters. The van der Waals surface area contributed by atoms with Gasteiger partial charge in [-0.15, -0.1) is 0 Å². The molecule has 7 heteroatoms. The average Bonchev–Trinajstić information content (AvgIpc) is 2.86. The number of carbonyl (C=O) groups is 1. The summed E-state index contributed by atoms with van der Waals surface area (Å²) >= 11 is 0. The van der Waals surface area contributed by atoms with Gasteiger partial charge in [0.2, 0.25) is 5.88 Å². The van der Waals surface area contributed by atoms with Crippen LogP contribution in [0.3, 0.4) is 0 Å². The molecule has 0 aliphatic carbocycles. The van der Waals surface area contributed by atoms with Crippen molar-refractivity contribution in [2.45, 2.75) is 32.5 Å². The van der Waals surface area contributed by atoms with Crippen molar-refractivity contribution in [2.24, 2.45) is 5.92 Å². The van der Waals surface area contributed by atoms with E-state index in [-0.39, 0.29) is 47.8 Å². The lowest BCUT2D eigenvalue weighted by atomic mass is 9.99. The average molecular weight is 478 g/mol. The van der Waals surface area contributed by atoms with Crippen LogP contribution in [0.2, 0.25) is 0 Å². The number of aliphatic hydroxyl groups is 1. The number of hydrogen-bond donors (Lipinski definition) is 1. The third-order valence-corrected chi connectivity index (χ3v) is 6.49. The molecule has 1 aliphatic rings. The van der Waals surface area contributed by atoms with Crippen molar-refractivity contribution in [1.82, 2.24) is 14.8 Å². The summed E-state index contributed by atoms with van der Waals surface area (Å²) in [4.78, 5) is 21.9. The summed E-state index contributed by atoms with van der Waals surface area (Å²) in [6.07, 6.45) is 1.30. The maximum Gasteiger partial charge on any atom is 0.259 e. The van der Waals surface area contributed by atoms with Crippen LogP contribution in [-0.4, -0.2) is 64.7 Å². The van der Waals surface area contributed by atoms with Crippen molar-refractivity contribution < 1.29 is 19.0 Å². The second kappa shape index (κ2) is 11.0. The van der Waals surface area contributed by atoms with Crippen LogP contribution in [0.25, 0.3) is 11.1 Å². The van der Waals surface area contributed by atoms with E-state index in [1.54, 1.807) is 35.4 Å². The first-order valence-electron chi connectivity index (χ1n) is 11.9. The number of hydrogen-bond acceptors (Lipinski definition) is 5. The molecule has 1 amide bonds. The number of aliphatic hydroxyl groups excluding tert-OH is 1. The third kappa shape index (κ3) is 5.69. The third-order valence-electron chi connectivity index (χ3n) is 6.49. The van der Waals surface area contributed by atoms with Gasteiger partial charge in [-0.1, -0.05) is 55.5 Å². The Kier molecular flexibility index (Phi) is 7.78. The zero-order valence-corrected chi connectivity index (χ0v) is 20.4. The van der Waals surface area contributed by atoms with Crippen molar-refractivity contribution in [3.05, 3.63) is 83.8 Å². The van der Waals surface area contributed by atoms with Crippen molar-refractivity contribution in [2.75, 3.05) is 26.7 Å². The van der Waals surface area contributed by atoms with Gasteiger partial charge >= 0.3 is 0 Å². The van der Waals surface area contributed by atoms with E-state index in [1.165, 1.54) is 11.6 Å². The van der Waals surface area contributed by atoms with Gasteiger partial charge in [-0.2, -0.15) is 0 Å². The van der Waals surface area contributed by atoms with E-state index >= 15 is 0 Å². The number of nitrogens with zero attached hydrogens (tertiary/aromatic N) is 3. The summed E-state index contributed by atoms with van der Waals surface area (Å²) in [5.41, 5.74) is 2.34. The van der Waals surface area contributed by atoms with Crippen molar-refractivity contribution in [1.29, 1.82) is 0 Å². The molecular weight excluding hydrogens is 445 g/mol. The number of ether oxygens (including phenoxy) is 1. The molecule has 1 aromatic heterocycles. The van der Waals surface area contributed by atoms with E-state index in [1.807, 2.05) is 39.1 Å². The van der Waals surface area contributed by atoms with Crippen LogP contribution in [0.5, 0.6) is 5.88 Å². The first-order chi connectivity index (χ1) is 16.9. The lowest BCUT2D eigenvalue weighted by Gasteiger charge is -2.37. The van der Waals surface area contributed by atoms with E-state index in [0.29, 0.717) is 24.2 Å². The fourth-order valence-corrected chi connectivity index (χ4v) is 4.43. The van der Waals surface area contributed by atoms with Gasteiger partial charge in [0.15, 0.2) is 0 Å². The lowest BCUT2D eigenvalue weighted by molar-refractivity contribution is 0.0325. The molecule has 35 heavy (non-hydrogen) atoms. The molecule has 3 aromatic rings. The van der Waals surface area contributed by atoms with Crippen LogP contribution < -0.4 is 4.74 Å². The summed E-state index contributed by atoms with van der Waals surface area (Å²) in [6, 6.07) is 17.9. The van der Waals surface area contributed by atoms with Crippen LogP contribution in [0.4, 0.5) is 4.39 Å². The predicted molar refractivity (Wildman–Crippen MR) is 134 cm³/mol. The number of pyridine rings is 1. The zero-order valence-electron chi connectivity index (χ0n) is 20.4. The summed E-state index contributed by atoms with van der Waals surface area (Å²) < 4.78 is 20.8. The van der Waals surface area contributed by atoms with Crippen LogP contribution in [0.1, 0.15) is 29.8 Å². The zero-order chi connectivity index (χ0) is 24.9. The molecule has 184 valence electrons. The molecule has 2 heterocycles. The normalized spacial score (nSPS) is 19.0. The molecule has 4 rings (SSSR count). The smallest absolute Gasteiger partial charge is 0.259 e. The molecule has 0 fully saturated rings. The monoisotopic (exact) mass is 477 g/mol. The molecule has 1 N–H and O–H groups in total. The van der Waals surface area contributed by atoms with Gasteiger partial charge in [0, 0.05) is 42.9 Å². The van der Waals surface area contributed by atoms with Gasteiger partial charge in [-0.3, -0.25) is 9.69 Å². The summed E-state index contributed by atoms with van der Waals surface area (Å²) in [6.45, 7) is 5.51. The molecule has 0 radical (unpaired) electrons. The number of rotatable bonds is 7. The molecule has 2 aromatic carbocycles. The summed E-state index contributed by atoms with van der Waals surface area (Å²) in [5.74, 6) is -0.444. The highest BCUT2D eigenvalue weighted by Gasteiger charge is 2.34. The molecule has 6 nitrogen and oxygen atoms in total. The SMILES string of the molecule is C[C@@H]1CN([C@H](C)CO)C(=O)c2cc(-c3ccccc3F)cnc2O[C@@H]1CN(C)Cc1ccccc1. The standard InChI is InChI=1S/C28H32FN3O3/c1-19-15-32(20(2)18-33)28(34)24-13-22(23-11-7-8-12-25(23)29)14-30-27(24)35-26(19)17-31(3)16-21-9-5-4-6-10-21/h4-14,19-20,26,33H,15-18H2,1-3H3/t19-,20-,26-/m1/s1. The first-order valence-corrected chi connectivity index (χ1v) is 11.9. The molecule has 1 aliphatic heterocycles. The minimum absolute atomic E-state index is 0.00707. The first kappa shape index (κ1) is 24.8. The molecule has 0 bridgehead atoms. The fourth-order valence-electron chi connectivity index (χ4n) is 4.43. The molecule has 0 unspecified atom stereocenters. The van der Waals surface area contributed by atoms with Gasteiger partial charge < -0.3 is 14.7 Å². The van der Waals surface area contributed by atoms with Gasteiger partial charge in [0.1, 0.15) is 17.5 Å². The Balaban J connectivity index is 1.67. The minimum atomic E-state index is -0.386. The summed E-state index contributed by atoms with van der Waals surface area (Å²) in [5, 5.41) is 9.85. The fraction of sp³-hybridized carbons (Fsp3) is 0.357. The maximum atomic E-state index is 14.5. The number of benzene rings is 2. The highest BCUT2D eigenvalue weighted by molar-refractivity contribution is 5.98. The number of amides is 1. The van der Waals surface area contributed by atoms with Crippen molar-refractivity contribution in [3.63, 3.8) is 0 Å². The van der Waals surface area contributed by atoms with Gasteiger partial charge in [-0.25, -0.2) is 9.37 Å². The highest BCUT2D eigenvalue weighted by atomic mass is 19.1. The Labute approximate surface area is 206 Å². The van der Waals surface area contributed by atoms with Gasteiger partial charge in [0.25, 0.3) is 5.91 Å². The Bertz CT molecular complexity index is 1160. The minimum Gasteiger partial charge on any atom is -0.472 e. The molecular formula is C28H32FN3O3. The summed E-state index contributed by atoms with van der Waals surface area (Å²) in [7, 11) is 2.04. The maximum absolute atomic E-state index is 14.5.